The fourth-order valence-corrected chi connectivity index (χ4v) is 1.99. The van der Waals surface area contributed by atoms with Crippen LogP contribution in [0.3, 0.4) is 0 Å². The third-order valence-corrected chi connectivity index (χ3v) is 3.40. The molecule has 0 saturated heterocycles. The molecule has 0 spiro atoms. The SMILES string of the molecule is CN(Cc1ccccc1Cl)C(=O)COc1ccc(N)cc1. The number of nitrogens with zero attached hydrogens (tertiary/aromatic N) is 1. The van der Waals surface area contributed by atoms with E-state index >= 15 is 0 Å². The van der Waals surface area contributed by atoms with Crippen molar-refractivity contribution in [3.05, 3.63) is 59.1 Å². The van der Waals surface area contributed by atoms with Crippen LogP contribution in [0, 0.1) is 0 Å². The summed E-state index contributed by atoms with van der Waals surface area (Å²) >= 11 is 6.08. The lowest BCUT2D eigenvalue weighted by molar-refractivity contribution is -0.132. The van der Waals surface area contributed by atoms with Gasteiger partial charge in [-0.1, -0.05) is 29.8 Å². The van der Waals surface area contributed by atoms with Crippen molar-refractivity contribution in [2.75, 3.05) is 19.4 Å². The van der Waals surface area contributed by atoms with Crippen LogP contribution in [0.5, 0.6) is 5.75 Å². The zero-order valence-corrected chi connectivity index (χ0v) is 12.5. The Kier molecular flexibility index (Phi) is 5.06. The molecule has 0 aliphatic heterocycles. The largest absolute Gasteiger partial charge is 0.484 e. The molecule has 110 valence electrons. The van der Waals surface area contributed by atoms with Crippen molar-refractivity contribution in [1.29, 1.82) is 0 Å². The van der Waals surface area contributed by atoms with Gasteiger partial charge in [0, 0.05) is 24.3 Å². The number of nitrogen functional groups attached to an aromatic ring is 1. The number of halogens is 1. The second-order valence-electron chi connectivity index (χ2n) is 4.70. The zero-order chi connectivity index (χ0) is 15.2. The highest BCUT2D eigenvalue weighted by molar-refractivity contribution is 6.31. The average molecular weight is 305 g/mol. The van der Waals surface area contributed by atoms with E-state index < -0.39 is 0 Å². The monoisotopic (exact) mass is 304 g/mol. The van der Waals surface area contributed by atoms with Crippen LogP contribution in [-0.4, -0.2) is 24.5 Å². The maximum Gasteiger partial charge on any atom is 0.260 e. The summed E-state index contributed by atoms with van der Waals surface area (Å²) in [6, 6.07) is 14.4. The molecular weight excluding hydrogens is 288 g/mol. The third kappa shape index (κ3) is 4.39. The lowest BCUT2D eigenvalue weighted by atomic mass is 10.2. The number of likely N-dealkylation sites (N-methyl/N-ethyl adjacent to an activating group) is 1. The Labute approximate surface area is 129 Å². The number of carbonyl (C=O) groups excluding carboxylic acids is 1. The van der Waals surface area contributed by atoms with E-state index in [9.17, 15) is 4.79 Å². The molecule has 0 unspecified atom stereocenters. The van der Waals surface area contributed by atoms with E-state index in [0.29, 0.717) is 23.0 Å². The highest BCUT2D eigenvalue weighted by Gasteiger charge is 2.11. The molecule has 2 N–H and O–H groups in total. The first-order chi connectivity index (χ1) is 10.1. The number of benzene rings is 2. The normalized spacial score (nSPS) is 10.2. The molecule has 0 atom stereocenters. The first-order valence-electron chi connectivity index (χ1n) is 6.52. The molecule has 5 heteroatoms. The number of anilines is 1. The van der Waals surface area contributed by atoms with E-state index in [0.717, 1.165) is 5.56 Å². The molecule has 1 amide bonds. The van der Waals surface area contributed by atoms with E-state index in [1.807, 2.05) is 18.2 Å². The fourth-order valence-electron chi connectivity index (χ4n) is 1.79. The van der Waals surface area contributed by atoms with Crippen molar-refractivity contribution in [2.24, 2.45) is 0 Å². The van der Waals surface area contributed by atoms with Crippen molar-refractivity contribution >= 4 is 23.2 Å². The van der Waals surface area contributed by atoms with Gasteiger partial charge in [0.15, 0.2) is 6.61 Å². The summed E-state index contributed by atoms with van der Waals surface area (Å²) in [5.74, 6) is 0.496. The molecule has 2 aromatic carbocycles. The second kappa shape index (κ2) is 6.99. The predicted molar refractivity (Wildman–Crippen MR) is 84.3 cm³/mol. The van der Waals surface area contributed by atoms with Crippen LogP contribution < -0.4 is 10.5 Å². The van der Waals surface area contributed by atoms with Crippen LogP contribution in [-0.2, 0) is 11.3 Å². The van der Waals surface area contributed by atoms with E-state index in [2.05, 4.69) is 0 Å². The Bertz CT molecular complexity index is 614. The molecule has 0 aliphatic carbocycles. The summed E-state index contributed by atoms with van der Waals surface area (Å²) in [6.07, 6.45) is 0. The molecule has 2 aromatic rings. The minimum absolute atomic E-state index is 0.0229. The van der Waals surface area contributed by atoms with E-state index in [1.165, 1.54) is 0 Å². The van der Waals surface area contributed by atoms with Crippen LogP contribution >= 0.6 is 11.6 Å². The standard InChI is InChI=1S/C16H17ClN2O2/c1-19(10-12-4-2-3-5-15(12)17)16(20)11-21-14-8-6-13(18)7-9-14/h2-9H,10-11,18H2,1H3. The van der Waals surface area contributed by atoms with Crippen molar-refractivity contribution in [1.82, 2.24) is 4.90 Å². The predicted octanol–water partition coefficient (Wildman–Crippen LogP) is 2.96. The van der Waals surface area contributed by atoms with Crippen molar-refractivity contribution in [3.8, 4) is 5.75 Å². The van der Waals surface area contributed by atoms with E-state index in [4.69, 9.17) is 22.1 Å². The molecule has 21 heavy (non-hydrogen) atoms. The highest BCUT2D eigenvalue weighted by Crippen LogP contribution is 2.17. The number of nitrogens with two attached hydrogens (primary N) is 1. The summed E-state index contributed by atoms with van der Waals surface area (Å²) in [6.45, 7) is 0.425. The lowest BCUT2D eigenvalue weighted by Crippen LogP contribution is -2.31. The van der Waals surface area contributed by atoms with Gasteiger partial charge in [-0.2, -0.15) is 0 Å². The number of hydrogen-bond acceptors (Lipinski definition) is 3. The minimum Gasteiger partial charge on any atom is -0.484 e. The third-order valence-electron chi connectivity index (χ3n) is 3.03. The number of hydrogen-bond donors (Lipinski definition) is 1. The highest BCUT2D eigenvalue weighted by atomic mass is 35.5. The Morgan fingerprint density at radius 2 is 1.86 bits per heavy atom. The Hall–Kier alpha value is -2.20. The first-order valence-corrected chi connectivity index (χ1v) is 6.90. The number of rotatable bonds is 5. The first kappa shape index (κ1) is 15.2. The van der Waals surface area contributed by atoms with Crippen LogP contribution in [0.4, 0.5) is 5.69 Å². The van der Waals surface area contributed by atoms with Gasteiger partial charge < -0.3 is 15.4 Å². The quantitative estimate of drug-likeness (QED) is 0.864. The average Bonchev–Trinajstić information content (AvgIpc) is 2.48. The maximum absolute atomic E-state index is 12.0. The van der Waals surface area contributed by atoms with Crippen LogP contribution in [0.1, 0.15) is 5.56 Å². The second-order valence-corrected chi connectivity index (χ2v) is 5.11. The van der Waals surface area contributed by atoms with Gasteiger partial charge in [-0.15, -0.1) is 0 Å². The van der Waals surface area contributed by atoms with Gasteiger partial charge in [0.1, 0.15) is 5.75 Å². The topological polar surface area (TPSA) is 55.6 Å². The molecule has 0 radical (unpaired) electrons. The Balaban J connectivity index is 1.88. The van der Waals surface area contributed by atoms with E-state index in [-0.39, 0.29) is 12.5 Å². The number of amides is 1. The van der Waals surface area contributed by atoms with Crippen molar-refractivity contribution in [3.63, 3.8) is 0 Å². The lowest BCUT2D eigenvalue weighted by Gasteiger charge is -2.18. The molecule has 0 aliphatic rings. The van der Waals surface area contributed by atoms with Crippen LogP contribution in [0.15, 0.2) is 48.5 Å². The van der Waals surface area contributed by atoms with Gasteiger partial charge in [0.2, 0.25) is 0 Å². The van der Waals surface area contributed by atoms with E-state index in [1.54, 1.807) is 42.3 Å². The summed E-state index contributed by atoms with van der Waals surface area (Å²) in [4.78, 5) is 13.6. The molecule has 4 nitrogen and oxygen atoms in total. The van der Waals surface area contributed by atoms with Gasteiger partial charge >= 0.3 is 0 Å². The van der Waals surface area contributed by atoms with Crippen molar-refractivity contribution < 1.29 is 9.53 Å². The minimum atomic E-state index is -0.119. The molecule has 2 rings (SSSR count). The fraction of sp³-hybridized carbons (Fsp3) is 0.188. The molecule has 0 saturated carbocycles. The Morgan fingerprint density at radius 1 is 1.19 bits per heavy atom. The molecular formula is C16H17ClN2O2. The van der Waals surface area contributed by atoms with Crippen molar-refractivity contribution in [2.45, 2.75) is 6.54 Å². The maximum atomic E-state index is 12.0. The smallest absolute Gasteiger partial charge is 0.260 e. The molecule has 0 bridgehead atoms. The van der Waals surface area contributed by atoms with Gasteiger partial charge in [-0.25, -0.2) is 0 Å². The Morgan fingerprint density at radius 3 is 2.52 bits per heavy atom. The van der Waals surface area contributed by atoms with Gasteiger partial charge in [-0.3, -0.25) is 4.79 Å². The zero-order valence-electron chi connectivity index (χ0n) is 11.8. The van der Waals surface area contributed by atoms with Crippen LogP contribution in [0.25, 0.3) is 0 Å². The van der Waals surface area contributed by atoms with Gasteiger partial charge in [0.05, 0.1) is 0 Å². The summed E-state index contributed by atoms with van der Waals surface area (Å²) in [7, 11) is 1.72. The number of carbonyl (C=O) groups is 1. The summed E-state index contributed by atoms with van der Waals surface area (Å²) in [5.41, 5.74) is 7.15. The van der Waals surface area contributed by atoms with Gasteiger partial charge in [0.25, 0.3) is 5.91 Å². The van der Waals surface area contributed by atoms with Gasteiger partial charge in [-0.05, 0) is 35.9 Å². The summed E-state index contributed by atoms with van der Waals surface area (Å²) in [5, 5.41) is 0.650. The summed E-state index contributed by atoms with van der Waals surface area (Å²) < 4.78 is 5.43. The molecule has 0 fully saturated rings. The molecule has 0 heterocycles. The number of ether oxygens (including phenoxy) is 1. The van der Waals surface area contributed by atoms with Crippen LogP contribution in [0.2, 0.25) is 5.02 Å². The molecule has 0 aromatic heterocycles.